The first-order chi connectivity index (χ1) is 18.0. The monoisotopic (exact) mass is 600 g/mol. The summed E-state index contributed by atoms with van der Waals surface area (Å²) in [4.78, 5) is 27.6. The van der Waals surface area contributed by atoms with Crippen LogP contribution < -0.4 is 10.1 Å². The van der Waals surface area contributed by atoms with Crippen molar-refractivity contribution in [2.45, 2.75) is 128 Å². The van der Waals surface area contributed by atoms with E-state index in [1.165, 1.54) is 51.4 Å². The van der Waals surface area contributed by atoms with Crippen molar-refractivity contribution in [2.24, 2.45) is 5.92 Å². The summed E-state index contributed by atoms with van der Waals surface area (Å²) in [7, 11) is 1.60. The fraction of sp³-hybridized carbons (Fsp3) is 0.697. The third kappa shape index (κ3) is 10.7. The molecule has 6 nitrogen and oxygen atoms in total. The molecule has 2 heterocycles. The maximum atomic E-state index is 12.6. The Morgan fingerprint density at radius 1 is 0.925 bits per heavy atom. The molecule has 2 saturated heterocycles. The molecule has 230 valence electrons. The summed E-state index contributed by atoms with van der Waals surface area (Å²) in [6.45, 7) is 2.97. The molecule has 1 N–H and O–H groups in total. The minimum Gasteiger partial charge on any atom is -0.495 e. The number of ether oxygens (including phenoxy) is 2. The number of nitrogens with zero attached hydrogens (tertiary/aromatic N) is 1. The number of aryl methyl sites for hydroxylation is 1. The molecule has 7 heteroatoms. The number of Topliss-reactive ketones (excluding diaryl/α,β-unsaturated/α-hetero) is 1. The molecule has 2 bridgehead atoms. The minimum absolute atomic E-state index is 0. The minimum atomic E-state index is -0.410. The van der Waals surface area contributed by atoms with Crippen LogP contribution in [0.5, 0.6) is 5.75 Å². The van der Waals surface area contributed by atoms with E-state index >= 15 is 0 Å². The van der Waals surface area contributed by atoms with Crippen molar-refractivity contribution in [2.75, 3.05) is 19.0 Å². The molecule has 2 aliphatic carbocycles. The predicted octanol–water partition coefficient (Wildman–Crippen LogP) is 8.57. The van der Waals surface area contributed by atoms with Crippen LogP contribution in [-0.2, 0) is 26.6 Å². The van der Waals surface area contributed by atoms with E-state index in [4.69, 9.17) is 9.47 Å². The summed E-state index contributed by atoms with van der Waals surface area (Å²) in [6.07, 6.45) is 18.7. The maximum Gasteiger partial charge on any atom is 2.00 e. The summed E-state index contributed by atoms with van der Waals surface area (Å²) >= 11 is 0. The van der Waals surface area contributed by atoms with E-state index in [1.807, 2.05) is 25.1 Å². The number of methoxy groups -OCH3 is 1. The average molecular weight is 601 g/mol. The van der Waals surface area contributed by atoms with Crippen molar-refractivity contribution in [3.05, 3.63) is 38.6 Å². The van der Waals surface area contributed by atoms with Gasteiger partial charge in [-0.15, -0.1) is 0 Å². The second-order valence-electron chi connectivity index (χ2n) is 11.6. The predicted molar refractivity (Wildman–Crippen MR) is 163 cm³/mol. The Morgan fingerprint density at radius 2 is 1.52 bits per heavy atom. The molecule has 40 heavy (non-hydrogen) atoms. The van der Waals surface area contributed by atoms with Gasteiger partial charge < -0.3 is 24.3 Å². The van der Waals surface area contributed by atoms with E-state index in [0.717, 1.165) is 63.5 Å². The van der Waals surface area contributed by atoms with E-state index in [1.54, 1.807) is 7.11 Å². The number of benzene rings is 1. The van der Waals surface area contributed by atoms with Crippen molar-refractivity contribution in [1.82, 2.24) is 4.90 Å². The summed E-state index contributed by atoms with van der Waals surface area (Å²) in [6, 6.07) is 6.61. The quantitative estimate of drug-likeness (QED) is 0.239. The molecule has 0 aromatic heterocycles. The van der Waals surface area contributed by atoms with Crippen LogP contribution in [-0.4, -0.2) is 48.6 Å². The first-order valence-electron chi connectivity index (χ1n) is 14.9. The molecule has 2 atom stereocenters. The van der Waals surface area contributed by atoms with Gasteiger partial charge in [-0.3, -0.25) is 15.0 Å². The Labute approximate surface area is 256 Å². The van der Waals surface area contributed by atoms with Crippen LogP contribution in [0, 0.1) is 27.7 Å². The molecule has 1 amide bonds. The molecular formula is C33H56FeN2O4. The van der Waals surface area contributed by atoms with E-state index in [-0.39, 0.29) is 39.5 Å². The van der Waals surface area contributed by atoms with Crippen LogP contribution in [0.25, 0.3) is 0 Å². The van der Waals surface area contributed by atoms with E-state index in [2.05, 4.69) is 10.2 Å². The number of carbonyl (C=O) groups excluding carboxylic acids is 2. The van der Waals surface area contributed by atoms with Gasteiger partial charge in [0, 0.05) is 38.7 Å². The number of carbonyl (C=O) groups is 2. The Bertz CT molecular complexity index is 870. The van der Waals surface area contributed by atoms with Crippen molar-refractivity contribution in [3.63, 3.8) is 0 Å². The zero-order valence-corrected chi connectivity index (χ0v) is 26.6. The molecule has 0 spiro atoms. The first-order valence-corrected chi connectivity index (χ1v) is 14.9. The molecular weight excluding hydrogens is 544 g/mol. The standard InChI is InChI=1S/C26H38N2O4.C5H10.2CH3.Fe.H2/c1-18-12-13-25(31-2)23(15-18)27-26(30)32-22-16-20-9-5-10-21(17-22)28(20)14-6-11-24(29)19-7-3-4-8-19;1-2-4-5-3-1;;;;/h12-13,15,19-22H,3-11,14,16-17H2,1-2H3,(H,27,30);1-5H2;2*1H3;;1H/q;;2*-1;+2;. The van der Waals surface area contributed by atoms with Gasteiger partial charge in [-0.2, -0.15) is 0 Å². The summed E-state index contributed by atoms with van der Waals surface area (Å²) in [5.41, 5.74) is 1.69. The van der Waals surface area contributed by atoms with Gasteiger partial charge in [0.1, 0.15) is 17.6 Å². The van der Waals surface area contributed by atoms with Gasteiger partial charge in [0.15, 0.2) is 0 Å². The molecule has 2 unspecified atom stereocenters. The summed E-state index contributed by atoms with van der Waals surface area (Å²) in [5.74, 6) is 1.44. The SMILES string of the molecule is C1CCCC1.COc1ccc(C)cc1NC(=O)OC1CC2CCCC(C1)N2CCCC(=O)C1CCCC1.[CH3-].[CH3-].[Fe+2].[HH]. The van der Waals surface area contributed by atoms with Gasteiger partial charge in [0.05, 0.1) is 12.8 Å². The maximum absolute atomic E-state index is 12.6. The van der Waals surface area contributed by atoms with Crippen molar-refractivity contribution in [3.8, 4) is 5.75 Å². The Morgan fingerprint density at radius 3 is 2.10 bits per heavy atom. The fourth-order valence-corrected chi connectivity index (χ4v) is 6.87. The van der Waals surface area contributed by atoms with Crippen LogP contribution in [0.15, 0.2) is 18.2 Å². The average Bonchev–Trinajstić information content (AvgIpc) is 3.62. The van der Waals surface area contributed by atoms with Crippen LogP contribution in [0.2, 0.25) is 0 Å². The first kappa shape index (κ1) is 36.5. The number of nitrogens with one attached hydrogen (secondary N) is 1. The number of amides is 1. The van der Waals surface area contributed by atoms with Crippen molar-refractivity contribution in [1.29, 1.82) is 0 Å². The van der Waals surface area contributed by atoms with Crippen LogP contribution in [0.3, 0.4) is 0 Å². The number of piperidine rings is 2. The second-order valence-corrected chi connectivity index (χ2v) is 11.6. The second kappa shape index (κ2) is 18.8. The number of hydrogen-bond acceptors (Lipinski definition) is 5. The smallest absolute Gasteiger partial charge is 0.495 e. The number of anilines is 1. The molecule has 4 fully saturated rings. The van der Waals surface area contributed by atoms with Crippen LogP contribution >= 0.6 is 0 Å². The molecule has 1 aromatic rings. The molecule has 2 saturated carbocycles. The zero-order chi connectivity index (χ0) is 26.0. The molecule has 5 rings (SSSR count). The van der Waals surface area contributed by atoms with Gasteiger partial charge in [0.2, 0.25) is 0 Å². The Hall–Kier alpha value is -1.56. The van der Waals surface area contributed by atoms with Gasteiger partial charge >= 0.3 is 23.2 Å². The molecule has 0 radical (unpaired) electrons. The van der Waals surface area contributed by atoms with Crippen LogP contribution in [0.4, 0.5) is 10.5 Å². The normalized spacial score (nSPS) is 23.8. The fourth-order valence-electron chi connectivity index (χ4n) is 6.87. The number of ketones is 1. The van der Waals surface area contributed by atoms with Gasteiger partial charge in [-0.05, 0) is 63.3 Å². The summed E-state index contributed by atoms with van der Waals surface area (Å²) < 4.78 is 11.2. The van der Waals surface area contributed by atoms with Gasteiger partial charge in [-0.25, -0.2) is 4.79 Å². The third-order valence-electron chi connectivity index (χ3n) is 8.85. The van der Waals surface area contributed by atoms with Crippen molar-refractivity contribution < 1.29 is 37.6 Å². The number of rotatable bonds is 8. The number of fused-ring (bicyclic) bond motifs is 2. The summed E-state index contributed by atoms with van der Waals surface area (Å²) in [5, 5.41) is 2.86. The molecule has 2 aliphatic heterocycles. The van der Waals surface area contributed by atoms with Gasteiger partial charge in [-0.1, -0.05) is 57.4 Å². The molecule has 4 aliphatic rings. The zero-order valence-electron chi connectivity index (χ0n) is 25.5. The van der Waals surface area contributed by atoms with E-state index in [0.29, 0.717) is 35.2 Å². The van der Waals surface area contributed by atoms with Crippen LogP contribution in [0.1, 0.15) is 110 Å². The van der Waals surface area contributed by atoms with E-state index in [9.17, 15) is 9.59 Å². The van der Waals surface area contributed by atoms with E-state index < -0.39 is 6.09 Å². The van der Waals surface area contributed by atoms with Crippen molar-refractivity contribution >= 4 is 17.6 Å². The third-order valence-corrected chi connectivity index (χ3v) is 8.85. The number of hydrogen-bond donors (Lipinski definition) is 1. The largest absolute Gasteiger partial charge is 2.00 e. The Kier molecular flexibility index (Phi) is 17.1. The Balaban J connectivity index is 0.00000161. The molecule has 1 aromatic carbocycles. The topological polar surface area (TPSA) is 67.9 Å². The van der Waals surface area contributed by atoms with Gasteiger partial charge in [0.25, 0.3) is 0 Å².